The van der Waals surface area contributed by atoms with Crippen molar-refractivity contribution in [2.75, 3.05) is 6.54 Å². The van der Waals surface area contributed by atoms with Crippen molar-refractivity contribution in [2.45, 2.75) is 63.5 Å². The van der Waals surface area contributed by atoms with Crippen molar-refractivity contribution >= 4 is 5.91 Å². The third kappa shape index (κ3) is 2.01. The summed E-state index contributed by atoms with van der Waals surface area (Å²) in [7, 11) is 0. The Bertz CT molecular complexity index is 373. The standard InChI is InChI=1S/C16H25NO2/c18-15-5-1-3-13(15)14-4-2-6-17(14)16(19)12-8-10-7-11(10)9-12/h10-15,18H,1-9H2. The maximum absolute atomic E-state index is 12.7. The molecule has 5 unspecified atom stereocenters. The van der Waals surface area contributed by atoms with Crippen LogP contribution >= 0.6 is 0 Å². The summed E-state index contributed by atoms with van der Waals surface area (Å²) in [5.74, 6) is 2.87. The number of hydrogen-bond donors (Lipinski definition) is 1. The summed E-state index contributed by atoms with van der Waals surface area (Å²) >= 11 is 0. The summed E-state index contributed by atoms with van der Waals surface area (Å²) in [6, 6.07) is 0.349. The Balaban J connectivity index is 1.45. The van der Waals surface area contributed by atoms with Crippen molar-refractivity contribution in [1.29, 1.82) is 0 Å². The number of hydrogen-bond acceptors (Lipinski definition) is 2. The van der Waals surface area contributed by atoms with E-state index in [-0.39, 0.29) is 6.10 Å². The number of aliphatic hydroxyl groups excluding tert-OH is 1. The average molecular weight is 263 g/mol. The van der Waals surface area contributed by atoms with Crippen molar-refractivity contribution in [2.24, 2.45) is 23.7 Å². The number of nitrogens with zero attached hydrogens (tertiary/aromatic N) is 1. The summed E-state index contributed by atoms with van der Waals surface area (Å²) in [6.07, 6.45) is 8.98. The lowest BCUT2D eigenvalue weighted by atomic mass is 9.92. The van der Waals surface area contributed by atoms with Crippen LogP contribution in [0.5, 0.6) is 0 Å². The summed E-state index contributed by atoms with van der Waals surface area (Å²) in [4.78, 5) is 14.9. The van der Waals surface area contributed by atoms with Crippen LogP contribution in [-0.4, -0.2) is 34.6 Å². The summed E-state index contributed by atoms with van der Waals surface area (Å²) in [6.45, 7) is 0.943. The van der Waals surface area contributed by atoms with Gasteiger partial charge >= 0.3 is 0 Å². The van der Waals surface area contributed by atoms with Crippen LogP contribution in [0.4, 0.5) is 0 Å². The fourth-order valence-electron chi connectivity index (χ4n) is 5.08. The number of carbonyl (C=O) groups excluding carboxylic acids is 1. The molecule has 1 aliphatic heterocycles. The minimum Gasteiger partial charge on any atom is -0.393 e. The zero-order chi connectivity index (χ0) is 13.0. The molecule has 3 nitrogen and oxygen atoms in total. The lowest BCUT2D eigenvalue weighted by Crippen LogP contribution is -2.44. The number of fused-ring (bicyclic) bond motifs is 1. The first-order chi connectivity index (χ1) is 9.24. The molecule has 4 rings (SSSR count). The monoisotopic (exact) mass is 263 g/mol. The molecule has 3 aliphatic carbocycles. The highest BCUT2D eigenvalue weighted by atomic mass is 16.3. The van der Waals surface area contributed by atoms with E-state index in [1.807, 2.05) is 0 Å². The normalized spacial score (nSPS) is 48.6. The Kier molecular flexibility index (Phi) is 2.87. The number of amides is 1. The zero-order valence-corrected chi connectivity index (χ0v) is 11.6. The van der Waals surface area contributed by atoms with Crippen LogP contribution in [0.2, 0.25) is 0 Å². The molecule has 1 heterocycles. The second-order valence-corrected chi connectivity index (χ2v) is 7.33. The minimum absolute atomic E-state index is 0.157. The van der Waals surface area contributed by atoms with Gasteiger partial charge in [-0.2, -0.15) is 0 Å². The highest BCUT2D eigenvalue weighted by molar-refractivity contribution is 5.80. The molecule has 0 radical (unpaired) electrons. The summed E-state index contributed by atoms with van der Waals surface area (Å²) in [5.41, 5.74) is 0. The fourth-order valence-corrected chi connectivity index (χ4v) is 5.08. The molecule has 19 heavy (non-hydrogen) atoms. The van der Waals surface area contributed by atoms with Gasteiger partial charge in [-0.3, -0.25) is 4.79 Å². The lowest BCUT2D eigenvalue weighted by Gasteiger charge is -2.33. The Morgan fingerprint density at radius 2 is 1.79 bits per heavy atom. The molecule has 4 fully saturated rings. The molecule has 5 atom stereocenters. The van der Waals surface area contributed by atoms with E-state index >= 15 is 0 Å². The van der Waals surface area contributed by atoms with Gasteiger partial charge in [-0.25, -0.2) is 0 Å². The van der Waals surface area contributed by atoms with E-state index in [9.17, 15) is 9.90 Å². The van der Waals surface area contributed by atoms with Crippen LogP contribution in [0.3, 0.4) is 0 Å². The molecule has 3 saturated carbocycles. The van der Waals surface area contributed by atoms with Gasteiger partial charge in [-0.15, -0.1) is 0 Å². The van der Waals surface area contributed by atoms with E-state index in [0.717, 1.165) is 63.3 Å². The highest BCUT2D eigenvalue weighted by Gasteiger charge is 2.50. The van der Waals surface area contributed by atoms with Crippen LogP contribution in [0.1, 0.15) is 51.4 Å². The molecular formula is C16H25NO2. The van der Waals surface area contributed by atoms with Gasteiger partial charge in [0.1, 0.15) is 0 Å². The van der Waals surface area contributed by atoms with Gasteiger partial charge in [0.25, 0.3) is 0 Å². The van der Waals surface area contributed by atoms with E-state index in [0.29, 0.717) is 23.8 Å². The van der Waals surface area contributed by atoms with E-state index in [1.165, 1.54) is 6.42 Å². The van der Waals surface area contributed by atoms with Crippen molar-refractivity contribution < 1.29 is 9.90 Å². The highest BCUT2D eigenvalue weighted by Crippen LogP contribution is 2.55. The van der Waals surface area contributed by atoms with E-state index in [2.05, 4.69) is 4.90 Å². The smallest absolute Gasteiger partial charge is 0.225 e. The van der Waals surface area contributed by atoms with E-state index in [1.54, 1.807) is 0 Å². The van der Waals surface area contributed by atoms with Crippen molar-refractivity contribution in [3.8, 4) is 0 Å². The Morgan fingerprint density at radius 1 is 1.00 bits per heavy atom. The van der Waals surface area contributed by atoms with Gasteiger partial charge in [0.2, 0.25) is 5.91 Å². The number of likely N-dealkylation sites (tertiary alicyclic amines) is 1. The second-order valence-electron chi connectivity index (χ2n) is 7.33. The van der Waals surface area contributed by atoms with Crippen LogP contribution in [0, 0.1) is 23.7 Å². The first-order valence-electron chi connectivity index (χ1n) is 8.22. The predicted octanol–water partition coefficient (Wildman–Crippen LogP) is 2.18. The van der Waals surface area contributed by atoms with Gasteiger partial charge in [0, 0.05) is 24.4 Å². The number of rotatable bonds is 2. The molecular weight excluding hydrogens is 238 g/mol. The minimum atomic E-state index is -0.157. The van der Waals surface area contributed by atoms with E-state index in [4.69, 9.17) is 0 Å². The van der Waals surface area contributed by atoms with Crippen molar-refractivity contribution in [3.05, 3.63) is 0 Å². The maximum atomic E-state index is 12.7. The van der Waals surface area contributed by atoms with Crippen LogP contribution in [0.25, 0.3) is 0 Å². The Hall–Kier alpha value is -0.570. The van der Waals surface area contributed by atoms with Crippen LogP contribution in [-0.2, 0) is 4.79 Å². The molecule has 1 N–H and O–H groups in total. The van der Waals surface area contributed by atoms with Gasteiger partial charge in [0.05, 0.1) is 6.10 Å². The molecule has 106 valence electrons. The Morgan fingerprint density at radius 3 is 2.47 bits per heavy atom. The molecule has 0 bridgehead atoms. The summed E-state index contributed by atoms with van der Waals surface area (Å²) in [5, 5.41) is 10.1. The van der Waals surface area contributed by atoms with Gasteiger partial charge in [0.15, 0.2) is 0 Å². The van der Waals surface area contributed by atoms with Gasteiger partial charge < -0.3 is 10.0 Å². The molecule has 0 aromatic rings. The SMILES string of the molecule is O=C(C1CC2CC2C1)N1CCCC1C1CCCC1O. The number of aliphatic hydroxyl groups is 1. The third-order valence-corrected chi connectivity index (χ3v) is 6.20. The molecule has 0 spiro atoms. The predicted molar refractivity (Wildman–Crippen MR) is 72.4 cm³/mol. The fraction of sp³-hybridized carbons (Fsp3) is 0.938. The average Bonchev–Trinajstić information content (AvgIpc) is 2.84. The van der Waals surface area contributed by atoms with Crippen LogP contribution < -0.4 is 0 Å². The topological polar surface area (TPSA) is 40.5 Å². The van der Waals surface area contributed by atoms with Gasteiger partial charge in [-0.1, -0.05) is 6.42 Å². The van der Waals surface area contributed by atoms with Crippen LogP contribution in [0.15, 0.2) is 0 Å². The lowest BCUT2D eigenvalue weighted by molar-refractivity contribution is -0.138. The van der Waals surface area contributed by atoms with Crippen molar-refractivity contribution in [1.82, 2.24) is 4.90 Å². The first kappa shape index (κ1) is 12.2. The molecule has 1 saturated heterocycles. The third-order valence-electron chi connectivity index (χ3n) is 6.20. The molecule has 1 amide bonds. The van der Waals surface area contributed by atoms with Gasteiger partial charge in [-0.05, 0) is 56.8 Å². The van der Waals surface area contributed by atoms with E-state index < -0.39 is 0 Å². The summed E-state index contributed by atoms with van der Waals surface area (Å²) < 4.78 is 0. The molecule has 4 aliphatic rings. The Labute approximate surface area is 115 Å². The van der Waals surface area contributed by atoms with Crippen molar-refractivity contribution in [3.63, 3.8) is 0 Å². The zero-order valence-electron chi connectivity index (χ0n) is 11.6. The maximum Gasteiger partial charge on any atom is 0.225 e. The first-order valence-corrected chi connectivity index (χ1v) is 8.22. The second kappa shape index (κ2) is 4.47. The quantitative estimate of drug-likeness (QED) is 0.829. The largest absolute Gasteiger partial charge is 0.393 e. The molecule has 3 heteroatoms. The molecule has 0 aromatic carbocycles. The number of carbonyl (C=O) groups is 1. The molecule has 0 aromatic heterocycles.